The fraction of sp³-hybridized carbons (Fsp3) is 0.190. The first-order valence-electron chi connectivity index (χ1n) is 9.93. The molecule has 5 rings (SSSR count). The molecular weight excluding hydrogens is 428 g/mol. The van der Waals surface area contributed by atoms with E-state index in [0.29, 0.717) is 28.4 Å². The number of amides is 3. The number of hydrogen-bond donors (Lipinski definition) is 1. The Kier molecular flexibility index (Phi) is 4.81. The summed E-state index contributed by atoms with van der Waals surface area (Å²) < 4.78 is 11.9. The zero-order chi connectivity index (χ0) is 23.0. The molecule has 3 heterocycles. The molecule has 1 aliphatic heterocycles. The number of rotatable bonds is 6. The first-order chi connectivity index (χ1) is 16.0. The molecule has 1 atom stereocenters. The van der Waals surface area contributed by atoms with Crippen molar-refractivity contribution < 1.29 is 18.8 Å². The predicted octanol–water partition coefficient (Wildman–Crippen LogP) is 1.69. The lowest BCUT2D eigenvalue weighted by molar-refractivity contribution is -0.131. The first kappa shape index (κ1) is 20.3. The molecule has 2 aromatic heterocycles. The van der Waals surface area contributed by atoms with Crippen molar-refractivity contribution >= 4 is 11.9 Å². The number of nitrogens with one attached hydrogen (secondary N) is 1. The maximum atomic E-state index is 13.3. The number of aromatic nitrogens is 6. The van der Waals surface area contributed by atoms with Gasteiger partial charge in [0.25, 0.3) is 5.91 Å². The van der Waals surface area contributed by atoms with Gasteiger partial charge in [-0.25, -0.2) is 9.48 Å². The van der Waals surface area contributed by atoms with E-state index >= 15 is 0 Å². The Bertz CT molecular complexity index is 1320. The number of tetrazole rings is 1. The third-order valence-corrected chi connectivity index (χ3v) is 5.42. The molecule has 33 heavy (non-hydrogen) atoms. The van der Waals surface area contributed by atoms with Crippen molar-refractivity contribution in [1.82, 2.24) is 40.6 Å². The molecule has 12 nitrogen and oxygen atoms in total. The predicted molar refractivity (Wildman–Crippen MR) is 112 cm³/mol. The average Bonchev–Trinajstić information content (AvgIpc) is 3.58. The number of benzene rings is 2. The molecule has 1 aliphatic rings. The smallest absolute Gasteiger partial charge is 0.325 e. The van der Waals surface area contributed by atoms with Crippen molar-refractivity contribution in [3.63, 3.8) is 0 Å². The van der Waals surface area contributed by atoms with Crippen LogP contribution < -0.4 is 10.1 Å². The summed E-state index contributed by atoms with van der Waals surface area (Å²) >= 11 is 0. The minimum absolute atomic E-state index is 0.135. The van der Waals surface area contributed by atoms with E-state index in [1.165, 1.54) is 11.0 Å². The van der Waals surface area contributed by atoms with Gasteiger partial charge in [0.2, 0.25) is 11.7 Å². The molecule has 0 spiro atoms. The van der Waals surface area contributed by atoms with Crippen LogP contribution in [0.2, 0.25) is 0 Å². The lowest BCUT2D eigenvalue weighted by Crippen LogP contribution is -2.40. The van der Waals surface area contributed by atoms with Crippen molar-refractivity contribution in [1.29, 1.82) is 0 Å². The minimum Gasteiger partial charge on any atom is -0.497 e. The number of methoxy groups -OCH3 is 1. The molecular formula is C21H18N8O4. The van der Waals surface area contributed by atoms with Crippen LogP contribution in [0.5, 0.6) is 5.75 Å². The molecule has 166 valence electrons. The van der Waals surface area contributed by atoms with E-state index in [1.54, 1.807) is 62.6 Å². The van der Waals surface area contributed by atoms with Crippen LogP contribution in [0.3, 0.4) is 0 Å². The highest BCUT2D eigenvalue weighted by Crippen LogP contribution is 2.31. The fourth-order valence-electron chi connectivity index (χ4n) is 3.59. The molecule has 3 amide bonds. The number of carbonyl (C=O) groups is 2. The van der Waals surface area contributed by atoms with Crippen LogP contribution in [-0.4, -0.2) is 54.3 Å². The van der Waals surface area contributed by atoms with Crippen molar-refractivity contribution in [2.24, 2.45) is 0 Å². The molecule has 4 aromatic rings. The molecule has 0 saturated carbocycles. The van der Waals surface area contributed by atoms with Crippen molar-refractivity contribution in [3.8, 4) is 22.8 Å². The van der Waals surface area contributed by atoms with Gasteiger partial charge in [0.05, 0.1) is 12.8 Å². The molecule has 1 saturated heterocycles. The Labute approximate surface area is 187 Å². The summed E-state index contributed by atoms with van der Waals surface area (Å²) in [6.45, 7) is 1.48. The van der Waals surface area contributed by atoms with Gasteiger partial charge in [-0.15, -0.1) is 5.10 Å². The van der Waals surface area contributed by atoms with Crippen molar-refractivity contribution in [2.75, 3.05) is 7.11 Å². The van der Waals surface area contributed by atoms with Crippen LogP contribution in [0.25, 0.3) is 17.1 Å². The van der Waals surface area contributed by atoms with Gasteiger partial charge >= 0.3 is 6.03 Å². The standard InChI is InChI=1S/C21H18N8O4/c1-21(14-4-3-5-15(10-14)29-12-22-26-27-29)19(30)28(20(31)24-21)11-17-23-18(25-33-17)13-6-8-16(32-2)9-7-13/h3-10,12H,11H2,1-2H3,(H,24,31)/t21-/m0/s1. The van der Waals surface area contributed by atoms with Crippen LogP contribution in [0.15, 0.2) is 59.4 Å². The van der Waals surface area contributed by atoms with E-state index in [1.807, 2.05) is 0 Å². The highest BCUT2D eigenvalue weighted by atomic mass is 16.5. The van der Waals surface area contributed by atoms with Gasteiger partial charge < -0.3 is 14.6 Å². The van der Waals surface area contributed by atoms with Crippen LogP contribution in [0.4, 0.5) is 4.79 Å². The molecule has 2 aromatic carbocycles. The third-order valence-electron chi connectivity index (χ3n) is 5.42. The SMILES string of the molecule is COc1ccc(-c2noc(CN3C(=O)N[C@@](C)(c4cccc(-n5cnnn5)c4)C3=O)n2)cc1. The summed E-state index contributed by atoms with van der Waals surface area (Å²) in [4.78, 5) is 31.3. The Morgan fingerprint density at radius 1 is 1.15 bits per heavy atom. The van der Waals surface area contributed by atoms with Gasteiger partial charge in [-0.05, 0) is 59.3 Å². The maximum absolute atomic E-state index is 13.3. The van der Waals surface area contributed by atoms with Crippen LogP contribution in [0.1, 0.15) is 18.4 Å². The zero-order valence-corrected chi connectivity index (χ0v) is 17.7. The molecule has 0 bridgehead atoms. The lowest BCUT2D eigenvalue weighted by atomic mass is 9.91. The second-order valence-electron chi connectivity index (χ2n) is 7.49. The highest BCUT2D eigenvalue weighted by Gasteiger charge is 2.49. The third kappa shape index (κ3) is 3.56. The molecule has 12 heteroatoms. The van der Waals surface area contributed by atoms with Gasteiger partial charge in [-0.1, -0.05) is 17.3 Å². The monoisotopic (exact) mass is 446 g/mol. The van der Waals surface area contributed by atoms with Crippen molar-refractivity contribution in [2.45, 2.75) is 19.0 Å². The van der Waals surface area contributed by atoms with Gasteiger partial charge in [-0.3, -0.25) is 9.69 Å². The summed E-state index contributed by atoms with van der Waals surface area (Å²) in [5.41, 5.74) is 0.674. The zero-order valence-electron chi connectivity index (χ0n) is 17.7. The van der Waals surface area contributed by atoms with E-state index < -0.39 is 17.5 Å². The van der Waals surface area contributed by atoms with Gasteiger partial charge in [0, 0.05) is 5.56 Å². The summed E-state index contributed by atoms with van der Waals surface area (Å²) in [6, 6.07) is 13.6. The summed E-state index contributed by atoms with van der Waals surface area (Å²) in [6.07, 6.45) is 1.44. The number of imide groups is 1. The lowest BCUT2D eigenvalue weighted by Gasteiger charge is -2.22. The number of ether oxygens (including phenoxy) is 1. The first-order valence-corrected chi connectivity index (χ1v) is 9.93. The van der Waals surface area contributed by atoms with E-state index in [-0.39, 0.29) is 12.4 Å². The summed E-state index contributed by atoms with van der Waals surface area (Å²) in [5.74, 6) is 0.739. The van der Waals surface area contributed by atoms with Crippen LogP contribution in [0, 0.1) is 0 Å². The Morgan fingerprint density at radius 3 is 2.70 bits per heavy atom. The van der Waals surface area contributed by atoms with Gasteiger partial charge in [-0.2, -0.15) is 4.98 Å². The molecule has 0 radical (unpaired) electrons. The van der Waals surface area contributed by atoms with E-state index in [4.69, 9.17) is 9.26 Å². The summed E-state index contributed by atoms with van der Waals surface area (Å²) in [7, 11) is 1.58. The van der Waals surface area contributed by atoms with E-state index in [9.17, 15) is 9.59 Å². The normalized spacial score (nSPS) is 17.9. The molecule has 1 N–H and O–H groups in total. The topological polar surface area (TPSA) is 141 Å². The largest absolute Gasteiger partial charge is 0.497 e. The van der Waals surface area contributed by atoms with Gasteiger partial charge in [0.15, 0.2) is 0 Å². The number of urea groups is 1. The second kappa shape index (κ2) is 7.82. The summed E-state index contributed by atoms with van der Waals surface area (Å²) in [5, 5.41) is 17.8. The average molecular weight is 446 g/mol. The maximum Gasteiger partial charge on any atom is 0.325 e. The number of carbonyl (C=O) groups excluding carboxylic acids is 2. The van der Waals surface area contributed by atoms with E-state index in [2.05, 4.69) is 31.0 Å². The van der Waals surface area contributed by atoms with E-state index in [0.717, 1.165) is 4.90 Å². The molecule has 0 unspecified atom stereocenters. The Morgan fingerprint density at radius 2 is 1.97 bits per heavy atom. The second-order valence-corrected chi connectivity index (χ2v) is 7.49. The molecule has 1 fully saturated rings. The van der Waals surface area contributed by atoms with Gasteiger partial charge in [0.1, 0.15) is 24.2 Å². The highest BCUT2D eigenvalue weighted by molar-refractivity contribution is 6.07. The van der Waals surface area contributed by atoms with Crippen LogP contribution >= 0.6 is 0 Å². The number of hydrogen-bond acceptors (Lipinski definition) is 9. The van der Waals surface area contributed by atoms with Crippen molar-refractivity contribution in [3.05, 3.63) is 66.3 Å². The minimum atomic E-state index is -1.28. The molecule has 0 aliphatic carbocycles. The Balaban J connectivity index is 1.37. The van der Waals surface area contributed by atoms with Crippen LogP contribution in [-0.2, 0) is 16.9 Å². The Hall–Kier alpha value is -4.61. The fourth-order valence-corrected chi connectivity index (χ4v) is 3.59. The number of nitrogens with zero attached hydrogens (tertiary/aromatic N) is 7. The quantitative estimate of drug-likeness (QED) is 0.438.